The van der Waals surface area contributed by atoms with Crippen molar-refractivity contribution >= 4 is 23.9 Å². The van der Waals surface area contributed by atoms with Crippen LogP contribution in [0.4, 0.5) is 0 Å². The smallest absolute Gasteiger partial charge is 0.549 e. The molecule has 0 bridgehead atoms. The molecule has 0 saturated carbocycles. The van der Waals surface area contributed by atoms with Crippen molar-refractivity contribution in [3.8, 4) is 0 Å². The second kappa shape index (κ2) is 26.3. The van der Waals surface area contributed by atoms with E-state index in [2.05, 4.69) is 22.9 Å². The SMILES string of the molecule is NCC(=O)[O-].NCC(=O)[O-].NCC(=O)[O-].NCC(=O)[O-].[C+4]. The fourth-order valence-corrected chi connectivity index (χ4v) is 0. The van der Waals surface area contributed by atoms with Gasteiger partial charge in [-0.05, 0) is 0 Å². The Morgan fingerprint density at radius 1 is 0.524 bits per heavy atom. The Hall–Kier alpha value is -2.28. The first-order valence-electron chi connectivity index (χ1n) is 4.68. The second-order valence-corrected chi connectivity index (χ2v) is 2.30. The molecule has 120 valence electrons. The van der Waals surface area contributed by atoms with Crippen LogP contribution in [0.1, 0.15) is 0 Å². The summed E-state index contributed by atoms with van der Waals surface area (Å²) in [5, 5.41) is 36.5. The maximum atomic E-state index is 9.13. The van der Waals surface area contributed by atoms with Crippen LogP contribution in [0.15, 0.2) is 0 Å². The largest absolute Gasteiger partial charge is 4.00 e. The molecule has 0 atom stereocenters. The summed E-state index contributed by atoms with van der Waals surface area (Å²) in [6.07, 6.45) is 0. The van der Waals surface area contributed by atoms with E-state index in [9.17, 15) is 0 Å². The molecule has 0 saturated heterocycles. The number of carbonyl (C=O) groups excluding carboxylic acids is 4. The maximum Gasteiger partial charge on any atom is 4.00 e. The monoisotopic (exact) mass is 308 g/mol. The van der Waals surface area contributed by atoms with E-state index in [0.29, 0.717) is 0 Å². The number of hydrogen-bond acceptors (Lipinski definition) is 12. The molecule has 0 unspecified atom stereocenters. The summed E-state index contributed by atoms with van der Waals surface area (Å²) in [4.78, 5) is 36.5. The van der Waals surface area contributed by atoms with Crippen LogP contribution in [0.25, 0.3) is 0 Å². The van der Waals surface area contributed by atoms with Gasteiger partial charge in [-0.15, -0.1) is 0 Å². The van der Waals surface area contributed by atoms with Gasteiger partial charge in [-0.25, -0.2) is 0 Å². The Labute approximate surface area is 121 Å². The van der Waals surface area contributed by atoms with Crippen molar-refractivity contribution in [2.45, 2.75) is 0 Å². The molecule has 0 spiro atoms. The van der Waals surface area contributed by atoms with Crippen LogP contribution in [-0.2, 0) is 19.2 Å². The summed E-state index contributed by atoms with van der Waals surface area (Å²) in [5.74, 6) is -4.87. The van der Waals surface area contributed by atoms with E-state index in [-0.39, 0.29) is 33.6 Å². The van der Waals surface area contributed by atoms with E-state index in [1.165, 1.54) is 0 Å². The number of nitrogens with two attached hydrogens (primary N) is 4. The number of carbonyl (C=O) groups is 4. The molecule has 0 aromatic rings. The van der Waals surface area contributed by atoms with Crippen molar-refractivity contribution in [1.82, 2.24) is 0 Å². The van der Waals surface area contributed by atoms with Gasteiger partial charge >= 0.3 is 7.43 Å². The first kappa shape index (κ1) is 31.2. The van der Waals surface area contributed by atoms with Crippen LogP contribution >= 0.6 is 0 Å². The molecule has 0 radical (unpaired) electrons. The average Bonchev–Trinajstić information content (AvgIpc) is 2.40. The summed E-state index contributed by atoms with van der Waals surface area (Å²) in [6, 6.07) is 0. The molecule has 21 heavy (non-hydrogen) atoms. The van der Waals surface area contributed by atoms with Gasteiger partial charge in [0.15, 0.2) is 0 Å². The van der Waals surface area contributed by atoms with E-state index >= 15 is 0 Å². The Balaban J connectivity index is -0.0000000533. The van der Waals surface area contributed by atoms with Crippen LogP contribution in [0.2, 0.25) is 0 Å². The minimum atomic E-state index is -1.22. The average molecular weight is 308 g/mol. The number of carboxylic acids is 4. The van der Waals surface area contributed by atoms with Gasteiger partial charge in [0.25, 0.3) is 0 Å². The van der Waals surface area contributed by atoms with Crippen molar-refractivity contribution in [3.63, 3.8) is 0 Å². The molecule has 0 amide bonds. The number of hydrogen-bond donors (Lipinski definition) is 4. The van der Waals surface area contributed by atoms with Crippen LogP contribution in [-0.4, -0.2) is 50.1 Å². The third-order valence-corrected chi connectivity index (χ3v) is 0.667. The molecule has 0 fully saturated rings. The predicted molar refractivity (Wildman–Crippen MR) is 59.5 cm³/mol. The normalized spacial score (nSPS) is 7.05. The molecule has 12 heteroatoms. The third-order valence-electron chi connectivity index (χ3n) is 0.667. The van der Waals surface area contributed by atoms with Gasteiger partial charge in [0.05, 0.1) is 23.9 Å². The molecular formula is C9H16N4O8. The Morgan fingerprint density at radius 3 is 0.571 bits per heavy atom. The number of aliphatic carboxylic acids is 4. The zero-order valence-corrected chi connectivity index (χ0v) is 10.9. The van der Waals surface area contributed by atoms with Crippen molar-refractivity contribution < 1.29 is 39.6 Å². The van der Waals surface area contributed by atoms with Gasteiger partial charge < -0.3 is 62.5 Å². The van der Waals surface area contributed by atoms with Gasteiger partial charge in [-0.2, -0.15) is 0 Å². The number of rotatable bonds is 4. The van der Waals surface area contributed by atoms with Crippen molar-refractivity contribution in [2.75, 3.05) is 26.2 Å². The molecule has 0 aliphatic rings. The summed E-state index contributed by atoms with van der Waals surface area (Å²) >= 11 is 0. The molecule has 0 aromatic heterocycles. The van der Waals surface area contributed by atoms with Gasteiger partial charge in [0, 0.05) is 26.2 Å². The third kappa shape index (κ3) is 134. The molecule has 12 nitrogen and oxygen atoms in total. The minimum absolute atomic E-state index is 0. The van der Waals surface area contributed by atoms with E-state index in [4.69, 9.17) is 39.6 Å². The summed E-state index contributed by atoms with van der Waals surface area (Å²) in [7, 11) is 0. The van der Waals surface area contributed by atoms with Gasteiger partial charge in [-0.3, -0.25) is 0 Å². The zero-order valence-electron chi connectivity index (χ0n) is 10.9. The molecular weight excluding hydrogens is 292 g/mol. The molecule has 0 rings (SSSR count). The first-order chi connectivity index (χ1) is 9.08. The van der Waals surface area contributed by atoms with Crippen molar-refractivity contribution in [2.24, 2.45) is 22.9 Å². The van der Waals surface area contributed by atoms with E-state index < -0.39 is 23.9 Å². The second-order valence-electron chi connectivity index (χ2n) is 2.30. The van der Waals surface area contributed by atoms with Crippen molar-refractivity contribution in [3.05, 3.63) is 7.43 Å². The first-order valence-corrected chi connectivity index (χ1v) is 4.68. The molecule has 0 aliphatic heterocycles. The van der Waals surface area contributed by atoms with Gasteiger partial charge in [0.1, 0.15) is 0 Å². The van der Waals surface area contributed by atoms with Crippen LogP contribution in [0.5, 0.6) is 0 Å². The molecule has 0 aromatic carbocycles. The quantitative estimate of drug-likeness (QED) is 0.377. The molecule has 0 aliphatic carbocycles. The molecule has 8 N–H and O–H groups in total. The van der Waals surface area contributed by atoms with Crippen LogP contribution < -0.4 is 43.4 Å². The van der Waals surface area contributed by atoms with E-state index in [1.807, 2.05) is 0 Å². The Bertz CT molecular complexity index is 229. The van der Waals surface area contributed by atoms with Gasteiger partial charge in [0.2, 0.25) is 0 Å². The molecule has 0 heterocycles. The Morgan fingerprint density at radius 2 is 0.571 bits per heavy atom. The van der Waals surface area contributed by atoms with Crippen LogP contribution in [0.3, 0.4) is 0 Å². The predicted octanol–water partition coefficient (Wildman–Crippen LogP) is -9.14. The standard InChI is InChI=1S/4C2H5NO2.C/c4*3-1-2(4)5;/h4*1,3H2,(H,4,5);/q;;;;+4/p-4. The minimum Gasteiger partial charge on any atom is -0.549 e. The van der Waals surface area contributed by atoms with E-state index in [1.54, 1.807) is 0 Å². The summed E-state index contributed by atoms with van der Waals surface area (Å²) in [5.41, 5.74) is 18.0. The maximum absolute atomic E-state index is 9.13. The fourth-order valence-electron chi connectivity index (χ4n) is 0. The van der Waals surface area contributed by atoms with Gasteiger partial charge in [-0.1, -0.05) is 0 Å². The van der Waals surface area contributed by atoms with Crippen LogP contribution in [0, 0.1) is 7.43 Å². The summed E-state index contributed by atoms with van der Waals surface area (Å²) < 4.78 is 0. The zero-order chi connectivity index (χ0) is 17.1. The topological polar surface area (TPSA) is 265 Å². The van der Waals surface area contributed by atoms with Crippen molar-refractivity contribution in [1.29, 1.82) is 0 Å². The van der Waals surface area contributed by atoms with E-state index in [0.717, 1.165) is 0 Å². The Kier molecular flexibility index (Phi) is 39.1. The fraction of sp³-hybridized carbons (Fsp3) is 0.444. The summed E-state index contributed by atoms with van der Waals surface area (Å²) in [6.45, 7) is -1.56. The number of carboxylic acid groups (broad SMARTS) is 4.